The Bertz CT molecular complexity index is 3640. The van der Waals surface area contributed by atoms with Crippen LogP contribution in [0, 0.1) is 39.2 Å². The van der Waals surface area contributed by atoms with E-state index in [0.717, 1.165) is 17.7 Å². The van der Waals surface area contributed by atoms with E-state index in [-0.39, 0.29) is 61.1 Å². The zero-order valence-corrected chi connectivity index (χ0v) is 60.6. The van der Waals surface area contributed by atoms with Gasteiger partial charge in [-0.05, 0) is 18.3 Å². The molecule has 0 amide bonds. The molecular formula is C61H85B2Cl2N7O14S3Si2. The number of aliphatic hydroxyl groups is 2. The molecule has 2 bridgehead atoms. The fourth-order valence-electron chi connectivity index (χ4n) is 14.0. The zero-order chi connectivity index (χ0) is 67.4. The van der Waals surface area contributed by atoms with Crippen molar-refractivity contribution in [3.05, 3.63) is 108 Å². The first-order chi connectivity index (χ1) is 42.1. The van der Waals surface area contributed by atoms with Crippen LogP contribution in [0.15, 0.2) is 104 Å². The average molecular weight is 1390 g/mol. The first kappa shape index (κ1) is 71.4. The van der Waals surface area contributed by atoms with E-state index in [1.807, 2.05) is 107 Å². The minimum atomic E-state index is -3.14. The number of benzene rings is 2. The van der Waals surface area contributed by atoms with Crippen LogP contribution in [0.5, 0.6) is 11.8 Å². The number of alkyl halides is 2. The normalized spacial score (nSPS) is 32.1. The summed E-state index contributed by atoms with van der Waals surface area (Å²) in [6, 6.07) is 17.8. The first-order valence-electron chi connectivity index (χ1n) is 30.2. The predicted octanol–water partition coefficient (Wildman–Crippen LogP) is 10.3. The molecular weight excluding hydrogens is 1300 g/mol. The summed E-state index contributed by atoms with van der Waals surface area (Å²) in [7, 11) is -1.06. The Morgan fingerprint density at radius 3 is 1.63 bits per heavy atom. The van der Waals surface area contributed by atoms with Crippen molar-refractivity contribution in [1.82, 2.24) is 25.6 Å². The van der Waals surface area contributed by atoms with Crippen molar-refractivity contribution < 1.29 is 64.5 Å². The van der Waals surface area contributed by atoms with Crippen LogP contribution in [0.1, 0.15) is 113 Å². The minimum absolute atomic E-state index is 0.0238. The van der Waals surface area contributed by atoms with Gasteiger partial charge in [0.2, 0.25) is 5.72 Å². The first-order valence-corrected chi connectivity index (χ1v) is 40.9. The van der Waals surface area contributed by atoms with Crippen LogP contribution >= 0.6 is 35.0 Å². The SMILES string of the molecule is CC1(C)C2CCC1(CS(C)(=O)=O)C1(NO1)C2(Cl)Cl.CN(C)[C@@H]1c2onc(OB=N)c2C(=O)[C@@]2(O)[C@H](O[Si](C)(C)C(C)(C)C)[C@H](S(=O)c3ccccc3)C=C[C@@H]12.CN(C)[C@@H]1c2onc(OB=N)c2C(=O)[C@@]2(O)[C@H](O[Si](C)(C)C(C)(C)C)[C@H](Sc3ccccc3)C=C[C@@H]12. The summed E-state index contributed by atoms with van der Waals surface area (Å²) in [5, 5.41) is 46.1. The molecule has 1 aliphatic heterocycles. The van der Waals surface area contributed by atoms with Crippen LogP contribution in [0.25, 0.3) is 0 Å². The molecule has 0 radical (unpaired) electrons. The molecule has 5 N–H and O–H groups in total. The van der Waals surface area contributed by atoms with Crippen LogP contribution < -0.4 is 14.8 Å². The fraction of sp³-hybridized carbons (Fsp3) is 0.607. The van der Waals surface area contributed by atoms with Gasteiger partial charge in [-0.1, -0.05) is 37.0 Å². The van der Waals surface area contributed by atoms with E-state index in [0.29, 0.717) is 25.2 Å². The number of hydroxylamine groups is 1. The van der Waals surface area contributed by atoms with Gasteiger partial charge >= 0.3 is 440 Å². The van der Waals surface area contributed by atoms with Gasteiger partial charge in [0.1, 0.15) is 9.84 Å². The Balaban J connectivity index is 0.000000171. The summed E-state index contributed by atoms with van der Waals surface area (Å²) in [6.07, 6.45) is 8.44. The molecule has 11 rings (SSSR count). The van der Waals surface area contributed by atoms with Gasteiger partial charge < -0.3 is 0 Å². The number of nitrogens with zero attached hydrogens (tertiary/aromatic N) is 4. The van der Waals surface area contributed by atoms with Gasteiger partial charge in [-0.25, -0.2) is 8.42 Å². The Morgan fingerprint density at radius 2 is 1.20 bits per heavy atom. The number of carbonyl (C=O) groups is 2. The summed E-state index contributed by atoms with van der Waals surface area (Å²) in [5.74, 6) is -2.26. The number of ketones is 2. The maximum atomic E-state index is 14.2. The van der Waals surface area contributed by atoms with Crippen molar-refractivity contribution in [1.29, 1.82) is 10.6 Å². The number of aromatic nitrogens is 2. The number of Topliss-reactive ketones (excluding diaryl/α,β-unsaturated/α-hetero) is 2. The third-order valence-electron chi connectivity index (χ3n) is 20.8. The van der Waals surface area contributed by atoms with Gasteiger partial charge in [-0.2, -0.15) is 5.48 Å². The van der Waals surface area contributed by atoms with E-state index in [9.17, 15) is 32.4 Å². The van der Waals surface area contributed by atoms with Crippen LogP contribution in [0.2, 0.25) is 36.3 Å². The molecule has 91 heavy (non-hydrogen) atoms. The number of carbonyl (C=O) groups excluding carboxylic acids is 2. The molecule has 4 aromatic rings. The van der Waals surface area contributed by atoms with Gasteiger partial charge in [-0.15, -0.1) is 0 Å². The summed E-state index contributed by atoms with van der Waals surface area (Å²) in [6.45, 7) is 25.1. The molecule has 494 valence electrons. The van der Waals surface area contributed by atoms with Crippen LogP contribution in [-0.2, 0) is 34.3 Å². The quantitative estimate of drug-likeness (QED) is 0.0301. The molecule has 1 saturated heterocycles. The molecule has 3 heterocycles. The molecule has 3 fully saturated rings. The monoisotopic (exact) mass is 1380 g/mol. The van der Waals surface area contributed by atoms with Crippen molar-refractivity contribution in [2.75, 3.05) is 40.2 Å². The summed E-state index contributed by atoms with van der Waals surface area (Å²) in [5.41, 5.74) is -2.85. The van der Waals surface area contributed by atoms with Crippen molar-refractivity contribution >= 4 is 98.4 Å². The fourth-order valence-corrected chi connectivity index (χ4v) is 22.3. The second kappa shape index (κ2) is 25.0. The molecule has 14 atom stereocenters. The maximum absolute atomic E-state index is 14.2. The van der Waals surface area contributed by atoms with E-state index in [4.69, 9.17) is 65.9 Å². The van der Waals surface area contributed by atoms with E-state index in [1.54, 1.807) is 48.2 Å². The average Bonchev–Trinajstić information content (AvgIpc) is 1.47. The molecule has 30 heteroatoms. The second-order valence-corrected chi connectivity index (χ2v) is 44.8. The number of hydrogen-bond donors (Lipinski definition) is 5. The van der Waals surface area contributed by atoms with Gasteiger partial charge in [0.15, 0.2) is 4.33 Å². The Kier molecular flexibility index (Phi) is 19.6. The van der Waals surface area contributed by atoms with Gasteiger partial charge in [0.25, 0.3) is 0 Å². The summed E-state index contributed by atoms with van der Waals surface area (Å²) < 4.78 is 71.7. The molecule has 4 unspecified atom stereocenters. The van der Waals surface area contributed by atoms with Crippen molar-refractivity contribution in [2.24, 2.45) is 28.6 Å². The number of hydrogen-bond acceptors (Lipinski definition) is 22. The Morgan fingerprint density at radius 1 is 0.758 bits per heavy atom. The van der Waals surface area contributed by atoms with Crippen molar-refractivity contribution in [2.45, 2.75) is 170 Å². The third-order valence-corrected chi connectivity index (χ3v) is 34.6. The molecule has 2 saturated carbocycles. The number of rotatable bonds is 16. The molecule has 2 aromatic heterocycles. The van der Waals surface area contributed by atoms with Crippen molar-refractivity contribution in [3.63, 3.8) is 0 Å². The number of fused-ring (bicyclic) bond motifs is 7. The van der Waals surface area contributed by atoms with Crippen LogP contribution in [-0.4, -0.2) is 170 Å². The van der Waals surface area contributed by atoms with E-state index < -0.39 is 117 Å². The zero-order valence-electron chi connectivity index (χ0n) is 54.6. The Hall–Kier alpha value is -3.85. The second-order valence-electron chi connectivity index (χ2n) is 28.9. The summed E-state index contributed by atoms with van der Waals surface area (Å²) >= 11 is 14.6. The van der Waals surface area contributed by atoms with Crippen LogP contribution in [0.4, 0.5) is 0 Å². The van der Waals surface area contributed by atoms with Gasteiger partial charge in [-0.3, -0.25) is 4.84 Å². The van der Waals surface area contributed by atoms with Gasteiger partial charge in [0.05, 0.1) is 5.75 Å². The molecule has 1 spiro atoms. The summed E-state index contributed by atoms with van der Waals surface area (Å²) in [4.78, 5) is 39.2. The predicted molar refractivity (Wildman–Crippen MR) is 355 cm³/mol. The third kappa shape index (κ3) is 11.9. The van der Waals surface area contributed by atoms with E-state index >= 15 is 0 Å². The molecule has 2 aromatic carbocycles. The van der Waals surface area contributed by atoms with E-state index in [2.05, 4.69) is 76.5 Å². The van der Waals surface area contributed by atoms with E-state index in [1.165, 1.54) is 6.26 Å². The number of thioether (sulfide) groups is 1. The van der Waals surface area contributed by atoms with Gasteiger partial charge in [0, 0.05) is 17.6 Å². The van der Waals surface area contributed by atoms with Crippen molar-refractivity contribution in [3.8, 4) is 11.8 Å². The molecule has 6 aliphatic carbocycles. The molecule has 21 nitrogen and oxygen atoms in total. The molecule has 7 aliphatic rings. The van der Waals surface area contributed by atoms with Crippen LogP contribution in [0.3, 0.4) is 0 Å². The number of sulfone groups is 1. The number of nitrogens with one attached hydrogen (secondary N) is 3. The Labute approximate surface area is 553 Å². The topological polar surface area (TPSA) is 303 Å². The standard InChI is InChI=1S/C25H34BN3O6SSi.C25H34BN3O5SSi.C11H17Cl2NO3S/c1-24(2,3)37(6,7)35-22-17(36(32)15-11-9-8-10-12-15)14-13-16-19(29(4)5)20-18(21(30)25(16,22)31)23(28-34-20)33-26-27;1-24(2,3)36(6,7)34-22-17(35-15-11-9-8-10-12-15)14-13-16-19(29(4)5)20-18(21(30)25(16,22)31)23(28-33-20)32-26-27;1-8(2)7-4-5-9(8,6-18(3,15)16)11(14-17-11)10(7,12)13/h8-14,16-17,19,22,27,31H,1-7H3;8-14,16-17,19,22,27,31H,1-7H3;7,14H,4-6H2,1-3H3/t16-,17+,19-,22+,25+,36?;16-,17+,19-,22+,25+;/m00./s1. The number of halogens is 2.